The van der Waals surface area contributed by atoms with Crippen LogP contribution in [0.1, 0.15) is 26.3 Å². The highest BCUT2D eigenvalue weighted by molar-refractivity contribution is 5.85. The first-order chi connectivity index (χ1) is 11.3. The average Bonchev–Trinajstić information content (AvgIpc) is 2.68. The van der Waals surface area contributed by atoms with Gasteiger partial charge in [0.25, 0.3) is 0 Å². The topological polar surface area (TPSA) is 65.1 Å². The fourth-order valence-corrected chi connectivity index (χ4v) is 2.32. The minimum atomic E-state index is -0.622. The Morgan fingerprint density at radius 2 is 2.00 bits per heavy atom. The molecular weight excluding hydrogens is 310 g/mol. The van der Waals surface area contributed by atoms with Gasteiger partial charge in [0.05, 0.1) is 32.4 Å². The molecule has 1 aliphatic heterocycles. The number of benzene rings is 1. The van der Waals surface area contributed by atoms with Crippen molar-refractivity contribution in [3.8, 4) is 0 Å². The average molecular weight is 335 g/mol. The molecule has 6 heteroatoms. The molecule has 132 valence electrons. The zero-order valence-corrected chi connectivity index (χ0v) is 14.5. The molecule has 1 atom stereocenters. The Labute approximate surface area is 142 Å². The summed E-state index contributed by atoms with van der Waals surface area (Å²) < 4.78 is 16.5. The van der Waals surface area contributed by atoms with Crippen LogP contribution in [0.4, 0.5) is 4.79 Å². The zero-order chi connectivity index (χ0) is 17.6. The van der Waals surface area contributed by atoms with Gasteiger partial charge in [-0.1, -0.05) is 30.3 Å². The fourth-order valence-electron chi connectivity index (χ4n) is 2.32. The van der Waals surface area contributed by atoms with Gasteiger partial charge in [0.1, 0.15) is 12.2 Å². The minimum Gasteiger partial charge on any atom is -0.444 e. The summed E-state index contributed by atoms with van der Waals surface area (Å²) >= 11 is 0. The number of nitrogens with zero attached hydrogens (tertiary/aromatic N) is 1. The lowest BCUT2D eigenvalue weighted by Crippen LogP contribution is -2.48. The molecule has 2 rings (SSSR count). The summed E-state index contributed by atoms with van der Waals surface area (Å²) in [6, 6.07) is 9.42. The molecule has 0 radical (unpaired) electrons. The molecule has 1 aromatic rings. The van der Waals surface area contributed by atoms with E-state index in [1.54, 1.807) is 20.8 Å². The van der Waals surface area contributed by atoms with E-state index in [-0.39, 0.29) is 38.2 Å². The summed E-state index contributed by atoms with van der Waals surface area (Å²) in [5, 5.41) is 0. The first-order valence-corrected chi connectivity index (χ1v) is 8.06. The molecule has 0 aliphatic carbocycles. The molecule has 0 spiro atoms. The largest absolute Gasteiger partial charge is 0.444 e. The van der Waals surface area contributed by atoms with E-state index in [0.717, 1.165) is 5.56 Å². The predicted molar refractivity (Wildman–Crippen MR) is 88.7 cm³/mol. The molecule has 1 aromatic carbocycles. The van der Waals surface area contributed by atoms with Crippen molar-refractivity contribution in [2.45, 2.75) is 39.0 Å². The first kappa shape index (κ1) is 18.4. The standard InChI is InChI=1S/C18H25NO5/c1-18(2,3)24-17(21)19-9-16(20)13-23-12-15(19)11-22-10-14-7-5-4-6-8-14/h4-8,15H,9-13H2,1-3H3/t15-/m1/s1. The maximum atomic E-state index is 12.4. The number of rotatable bonds is 4. The van der Waals surface area contributed by atoms with Gasteiger partial charge in [-0.05, 0) is 26.3 Å². The number of carbonyl (C=O) groups is 2. The van der Waals surface area contributed by atoms with Crippen LogP contribution >= 0.6 is 0 Å². The Bertz CT molecular complexity index is 552. The van der Waals surface area contributed by atoms with E-state index >= 15 is 0 Å². The maximum absolute atomic E-state index is 12.4. The predicted octanol–water partition coefficient (Wildman–Crippen LogP) is 2.41. The summed E-state index contributed by atoms with van der Waals surface area (Å²) in [7, 11) is 0. The van der Waals surface area contributed by atoms with E-state index in [0.29, 0.717) is 6.61 Å². The number of hydrogen-bond donors (Lipinski definition) is 0. The van der Waals surface area contributed by atoms with E-state index < -0.39 is 11.7 Å². The lowest BCUT2D eigenvalue weighted by atomic mass is 10.2. The number of hydrogen-bond acceptors (Lipinski definition) is 5. The monoisotopic (exact) mass is 335 g/mol. The summed E-state index contributed by atoms with van der Waals surface area (Å²) in [4.78, 5) is 25.6. The van der Waals surface area contributed by atoms with Crippen molar-refractivity contribution >= 4 is 11.9 Å². The van der Waals surface area contributed by atoms with Gasteiger partial charge in [0, 0.05) is 0 Å². The second kappa shape index (κ2) is 8.26. The lowest BCUT2D eigenvalue weighted by molar-refractivity contribution is -0.122. The van der Waals surface area contributed by atoms with Crippen molar-refractivity contribution in [2.75, 3.05) is 26.4 Å². The molecule has 0 bridgehead atoms. The molecule has 0 saturated carbocycles. The number of carbonyl (C=O) groups excluding carboxylic acids is 2. The van der Waals surface area contributed by atoms with E-state index in [9.17, 15) is 9.59 Å². The highest BCUT2D eigenvalue weighted by atomic mass is 16.6. The van der Waals surface area contributed by atoms with E-state index in [2.05, 4.69) is 0 Å². The fraction of sp³-hybridized carbons (Fsp3) is 0.556. The second-order valence-corrected chi connectivity index (χ2v) is 6.82. The van der Waals surface area contributed by atoms with Gasteiger partial charge < -0.3 is 14.2 Å². The van der Waals surface area contributed by atoms with Crippen molar-refractivity contribution in [3.05, 3.63) is 35.9 Å². The maximum Gasteiger partial charge on any atom is 0.411 e. The van der Waals surface area contributed by atoms with Crippen molar-refractivity contribution in [3.63, 3.8) is 0 Å². The molecule has 1 fully saturated rings. The summed E-state index contributed by atoms with van der Waals surface area (Å²) in [6.07, 6.45) is -0.519. The van der Waals surface area contributed by atoms with Crippen LogP contribution in [0.25, 0.3) is 0 Å². The normalized spacial score (nSPS) is 19.0. The third kappa shape index (κ3) is 5.94. The van der Waals surface area contributed by atoms with Gasteiger partial charge in [-0.25, -0.2) is 4.79 Å². The van der Waals surface area contributed by atoms with Crippen LogP contribution in [-0.4, -0.2) is 54.8 Å². The van der Waals surface area contributed by atoms with Gasteiger partial charge in [0.15, 0.2) is 5.78 Å². The Kier molecular flexibility index (Phi) is 6.34. The summed E-state index contributed by atoms with van der Waals surface area (Å²) in [5.74, 6) is -0.147. The van der Waals surface area contributed by atoms with Gasteiger partial charge >= 0.3 is 6.09 Å². The molecule has 1 heterocycles. The molecule has 6 nitrogen and oxygen atoms in total. The van der Waals surface area contributed by atoms with Gasteiger partial charge in [0.2, 0.25) is 0 Å². The summed E-state index contributed by atoms with van der Waals surface area (Å²) in [5.41, 5.74) is 0.426. The lowest BCUT2D eigenvalue weighted by Gasteiger charge is -2.31. The molecule has 0 unspecified atom stereocenters. The highest BCUT2D eigenvalue weighted by Crippen LogP contribution is 2.15. The third-order valence-electron chi connectivity index (χ3n) is 3.41. The minimum absolute atomic E-state index is 0.00842. The number of ketones is 1. The van der Waals surface area contributed by atoms with E-state index in [4.69, 9.17) is 14.2 Å². The molecule has 0 N–H and O–H groups in total. The Balaban J connectivity index is 1.97. The molecule has 1 amide bonds. The van der Waals surface area contributed by atoms with Crippen molar-refractivity contribution in [1.29, 1.82) is 0 Å². The van der Waals surface area contributed by atoms with Crippen LogP contribution in [-0.2, 0) is 25.6 Å². The van der Waals surface area contributed by atoms with Crippen molar-refractivity contribution in [2.24, 2.45) is 0 Å². The molecule has 1 aliphatic rings. The number of ether oxygens (including phenoxy) is 3. The molecule has 0 aromatic heterocycles. The van der Waals surface area contributed by atoms with E-state index in [1.165, 1.54) is 4.90 Å². The van der Waals surface area contributed by atoms with Crippen LogP contribution in [0.2, 0.25) is 0 Å². The van der Waals surface area contributed by atoms with Gasteiger partial charge in [-0.2, -0.15) is 0 Å². The SMILES string of the molecule is CC(C)(C)OC(=O)N1CC(=O)COC[C@H]1COCc1ccccc1. The van der Waals surface area contributed by atoms with Crippen molar-refractivity contribution in [1.82, 2.24) is 4.90 Å². The van der Waals surface area contributed by atoms with Gasteiger partial charge in [-0.15, -0.1) is 0 Å². The Morgan fingerprint density at radius 1 is 1.29 bits per heavy atom. The smallest absolute Gasteiger partial charge is 0.411 e. The highest BCUT2D eigenvalue weighted by Gasteiger charge is 2.32. The van der Waals surface area contributed by atoms with Crippen LogP contribution in [0.15, 0.2) is 30.3 Å². The van der Waals surface area contributed by atoms with Crippen LogP contribution in [0, 0.1) is 0 Å². The Hall–Kier alpha value is -1.92. The van der Waals surface area contributed by atoms with Crippen LogP contribution in [0.3, 0.4) is 0 Å². The summed E-state index contributed by atoms with van der Waals surface area (Å²) in [6.45, 7) is 6.34. The van der Waals surface area contributed by atoms with Crippen LogP contribution < -0.4 is 0 Å². The third-order valence-corrected chi connectivity index (χ3v) is 3.41. The molecule has 1 saturated heterocycles. The number of Topliss-reactive ketones (excluding diaryl/α,β-unsaturated/α-hetero) is 1. The Morgan fingerprint density at radius 3 is 2.67 bits per heavy atom. The quantitative estimate of drug-likeness (QED) is 0.845. The van der Waals surface area contributed by atoms with Crippen molar-refractivity contribution < 1.29 is 23.8 Å². The van der Waals surface area contributed by atoms with Crippen LogP contribution in [0.5, 0.6) is 0 Å². The molecule has 24 heavy (non-hydrogen) atoms. The number of amides is 1. The van der Waals surface area contributed by atoms with Gasteiger partial charge in [-0.3, -0.25) is 9.69 Å². The second-order valence-electron chi connectivity index (χ2n) is 6.82. The molecular formula is C18H25NO5. The van der Waals surface area contributed by atoms with E-state index in [1.807, 2.05) is 30.3 Å². The zero-order valence-electron chi connectivity index (χ0n) is 14.5. The first-order valence-electron chi connectivity index (χ1n) is 8.06.